The second kappa shape index (κ2) is 7.52. The van der Waals surface area contributed by atoms with Gasteiger partial charge in [0, 0.05) is 11.5 Å². The lowest BCUT2D eigenvalue weighted by Gasteiger charge is -2.27. The standard InChI is InChI=1S/C12H19F6NO5S2/c1-5-10(3,4)9(20)19-7(2)6-8(25(21,22)11(13,14)15)26(23,24)12(16,17)18/h7-8H,5-6H2,1-4H3,(H,19,20). The van der Waals surface area contributed by atoms with E-state index in [1.165, 1.54) is 13.8 Å². The van der Waals surface area contributed by atoms with Crippen molar-refractivity contribution in [3.8, 4) is 0 Å². The van der Waals surface area contributed by atoms with Crippen molar-refractivity contribution in [3.05, 3.63) is 0 Å². The summed E-state index contributed by atoms with van der Waals surface area (Å²) in [7, 11) is -13.4. The van der Waals surface area contributed by atoms with Crippen LogP contribution in [0.25, 0.3) is 0 Å². The Hall–Kier alpha value is -1.05. The molecule has 0 rings (SSSR count). The monoisotopic (exact) mass is 435 g/mol. The highest BCUT2D eigenvalue weighted by Gasteiger charge is 2.62. The first kappa shape index (κ1) is 24.9. The summed E-state index contributed by atoms with van der Waals surface area (Å²) in [5, 5.41) is 2.05. The molecule has 0 bridgehead atoms. The van der Waals surface area contributed by atoms with E-state index in [0.717, 1.165) is 6.92 Å². The normalized spacial score (nSPS) is 15.8. The maximum absolute atomic E-state index is 12.7. The van der Waals surface area contributed by atoms with Gasteiger partial charge in [0.05, 0.1) is 0 Å². The molecule has 0 aliphatic heterocycles. The lowest BCUT2D eigenvalue weighted by Crippen LogP contribution is -2.49. The van der Waals surface area contributed by atoms with Gasteiger partial charge in [0.2, 0.25) is 5.91 Å². The number of amides is 1. The Morgan fingerprint density at radius 1 is 0.923 bits per heavy atom. The van der Waals surface area contributed by atoms with Crippen LogP contribution in [0.2, 0.25) is 0 Å². The van der Waals surface area contributed by atoms with Crippen molar-refractivity contribution in [3.63, 3.8) is 0 Å². The Balaban J connectivity index is 5.93. The molecule has 0 saturated carbocycles. The van der Waals surface area contributed by atoms with Crippen LogP contribution in [0.4, 0.5) is 26.3 Å². The number of rotatable bonds is 7. The van der Waals surface area contributed by atoms with Gasteiger partial charge < -0.3 is 5.32 Å². The Kier molecular flexibility index (Phi) is 7.22. The van der Waals surface area contributed by atoms with Gasteiger partial charge in [-0.1, -0.05) is 20.8 Å². The van der Waals surface area contributed by atoms with E-state index in [4.69, 9.17) is 0 Å². The molecule has 0 heterocycles. The average molecular weight is 435 g/mol. The van der Waals surface area contributed by atoms with Crippen LogP contribution in [0, 0.1) is 5.41 Å². The molecule has 156 valence electrons. The molecule has 1 atom stereocenters. The third kappa shape index (κ3) is 5.24. The molecule has 1 amide bonds. The zero-order valence-corrected chi connectivity index (χ0v) is 15.8. The molecule has 1 N–H and O–H groups in total. The molecule has 0 spiro atoms. The maximum Gasteiger partial charge on any atom is 0.498 e. The number of alkyl halides is 6. The van der Waals surface area contributed by atoms with Gasteiger partial charge in [-0.3, -0.25) is 4.79 Å². The molecule has 0 aliphatic carbocycles. The summed E-state index contributed by atoms with van der Waals surface area (Å²) >= 11 is 0. The highest BCUT2D eigenvalue weighted by atomic mass is 32.3. The van der Waals surface area contributed by atoms with Crippen molar-refractivity contribution in [2.45, 2.75) is 62.2 Å². The summed E-state index contributed by atoms with van der Waals surface area (Å²) in [4.78, 5) is 11.9. The van der Waals surface area contributed by atoms with Crippen molar-refractivity contribution in [1.29, 1.82) is 0 Å². The largest absolute Gasteiger partial charge is 0.498 e. The molecule has 0 aromatic rings. The molecule has 26 heavy (non-hydrogen) atoms. The van der Waals surface area contributed by atoms with Crippen molar-refractivity contribution in [2.75, 3.05) is 0 Å². The summed E-state index contributed by atoms with van der Waals surface area (Å²) in [5.41, 5.74) is -13.5. The fourth-order valence-electron chi connectivity index (χ4n) is 1.65. The molecule has 0 aliphatic rings. The van der Waals surface area contributed by atoms with Gasteiger partial charge in [-0.2, -0.15) is 26.3 Å². The van der Waals surface area contributed by atoms with E-state index in [1.807, 2.05) is 5.32 Å². The predicted molar refractivity (Wildman–Crippen MR) is 80.0 cm³/mol. The van der Waals surface area contributed by atoms with Crippen LogP contribution in [-0.4, -0.2) is 44.4 Å². The fraction of sp³-hybridized carbons (Fsp3) is 0.917. The van der Waals surface area contributed by atoms with Crippen LogP contribution in [0.1, 0.15) is 40.5 Å². The lowest BCUT2D eigenvalue weighted by molar-refractivity contribution is -0.130. The highest BCUT2D eigenvalue weighted by molar-refractivity contribution is 8.09. The SMILES string of the molecule is CCC(C)(C)C(=O)NC(C)CC(S(=O)(=O)C(F)(F)F)S(=O)(=O)C(F)(F)F. The minimum Gasteiger partial charge on any atom is -0.353 e. The van der Waals surface area contributed by atoms with E-state index in [9.17, 15) is 48.0 Å². The number of carbonyl (C=O) groups excluding carboxylic acids is 1. The quantitative estimate of drug-likeness (QED) is 0.620. The van der Waals surface area contributed by atoms with E-state index in [-0.39, 0.29) is 6.42 Å². The third-order valence-electron chi connectivity index (χ3n) is 3.76. The highest BCUT2D eigenvalue weighted by Crippen LogP contribution is 2.38. The molecular weight excluding hydrogens is 416 g/mol. The molecule has 1 unspecified atom stereocenters. The number of hydrogen-bond acceptors (Lipinski definition) is 5. The number of halogens is 6. The zero-order chi connectivity index (χ0) is 21.4. The summed E-state index contributed by atoms with van der Waals surface area (Å²) in [6.07, 6.45) is -1.36. The van der Waals surface area contributed by atoms with Crippen LogP contribution < -0.4 is 5.32 Å². The molecule has 0 radical (unpaired) electrons. The van der Waals surface area contributed by atoms with Gasteiger partial charge in [-0.05, 0) is 19.8 Å². The van der Waals surface area contributed by atoms with Crippen LogP contribution in [0.5, 0.6) is 0 Å². The first-order chi connectivity index (χ1) is 11.2. The van der Waals surface area contributed by atoms with Crippen LogP contribution in [-0.2, 0) is 24.5 Å². The van der Waals surface area contributed by atoms with Gasteiger partial charge in [-0.25, -0.2) is 16.8 Å². The first-order valence-electron chi connectivity index (χ1n) is 7.13. The zero-order valence-electron chi connectivity index (χ0n) is 14.2. The second-order valence-electron chi connectivity index (χ2n) is 6.26. The van der Waals surface area contributed by atoms with Gasteiger partial charge in [-0.15, -0.1) is 0 Å². The second-order valence-corrected chi connectivity index (χ2v) is 10.8. The van der Waals surface area contributed by atoms with Crippen LogP contribution in [0.3, 0.4) is 0 Å². The van der Waals surface area contributed by atoms with E-state index in [1.54, 1.807) is 6.92 Å². The molecule has 0 aromatic carbocycles. The number of sulfone groups is 2. The van der Waals surface area contributed by atoms with Gasteiger partial charge >= 0.3 is 11.0 Å². The van der Waals surface area contributed by atoms with Gasteiger partial charge in [0.1, 0.15) is 0 Å². The van der Waals surface area contributed by atoms with Gasteiger partial charge in [0.15, 0.2) is 4.58 Å². The maximum atomic E-state index is 12.7. The van der Waals surface area contributed by atoms with Gasteiger partial charge in [0.25, 0.3) is 19.7 Å². The Labute approximate surface area is 147 Å². The minimum atomic E-state index is -6.71. The molecule has 0 aromatic heterocycles. The van der Waals surface area contributed by atoms with Crippen molar-refractivity contribution < 1.29 is 48.0 Å². The van der Waals surface area contributed by atoms with Crippen molar-refractivity contribution in [2.24, 2.45) is 5.41 Å². The molecule has 0 saturated heterocycles. The Bertz CT molecular complexity index is 680. The first-order valence-corrected chi connectivity index (χ1v) is 10.2. The number of hydrogen-bond donors (Lipinski definition) is 1. The average Bonchev–Trinajstić information content (AvgIpc) is 2.41. The fourth-order valence-corrected chi connectivity index (χ4v) is 5.31. The minimum absolute atomic E-state index is 0.261. The predicted octanol–water partition coefficient (Wildman–Crippen LogP) is 2.51. The molecule has 0 fully saturated rings. The van der Waals surface area contributed by atoms with Crippen LogP contribution >= 0.6 is 0 Å². The number of carbonyl (C=O) groups is 1. The lowest BCUT2D eigenvalue weighted by atomic mass is 9.89. The number of nitrogens with one attached hydrogen (secondary N) is 1. The third-order valence-corrected chi connectivity index (χ3v) is 8.34. The van der Waals surface area contributed by atoms with E-state index < -0.39 is 59.1 Å². The summed E-state index contributed by atoms with van der Waals surface area (Å²) in [6, 6.07) is -1.59. The van der Waals surface area contributed by atoms with Crippen molar-refractivity contribution >= 4 is 25.6 Å². The Morgan fingerprint density at radius 3 is 1.54 bits per heavy atom. The summed E-state index contributed by atoms with van der Waals surface area (Å²) in [6.45, 7) is 5.38. The van der Waals surface area contributed by atoms with Crippen LogP contribution in [0.15, 0.2) is 0 Å². The van der Waals surface area contributed by atoms with E-state index >= 15 is 0 Å². The summed E-state index contributed by atoms with van der Waals surface area (Å²) < 4.78 is 118. The smallest absolute Gasteiger partial charge is 0.353 e. The molecule has 14 heteroatoms. The summed E-state index contributed by atoms with van der Waals surface area (Å²) in [5.74, 6) is -0.778. The van der Waals surface area contributed by atoms with E-state index in [2.05, 4.69) is 0 Å². The Morgan fingerprint density at radius 2 is 1.27 bits per heavy atom. The van der Waals surface area contributed by atoms with E-state index in [0.29, 0.717) is 0 Å². The van der Waals surface area contributed by atoms with Crippen molar-refractivity contribution in [1.82, 2.24) is 5.32 Å². The molecular formula is C12H19F6NO5S2. The topological polar surface area (TPSA) is 97.4 Å². The molecule has 6 nitrogen and oxygen atoms in total.